The highest BCUT2D eigenvalue weighted by Gasteiger charge is 2.15. The van der Waals surface area contributed by atoms with Gasteiger partial charge in [0, 0.05) is 0 Å². The number of rotatable bonds is 8. The van der Waals surface area contributed by atoms with Gasteiger partial charge in [0.25, 0.3) is 0 Å². The number of nitrogens with one attached hydrogen (secondary N) is 1. The summed E-state index contributed by atoms with van der Waals surface area (Å²) in [5.41, 5.74) is 3.54. The Bertz CT molecular complexity index is 355. The van der Waals surface area contributed by atoms with Gasteiger partial charge in [0.2, 0.25) is 5.88 Å². The predicted molar refractivity (Wildman–Crippen MR) is 73.6 cm³/mol. The van der Waals surface area contributed by atoms with E-state index in [2.05, 4.69) is 36.2 Å². The molecule has 0 aliphatic rings. The molecule has 0 atom stereocenters. The number of aromatic nitrogens is 2. The first-order chi connectivity index (χ1) is 8.70. The lowest BCUT2D eigenvalue weighted by molar-refractivity contribution is 0.289. The minimum Gasteiger partial charge on any atom is -0.477 e. The fourth-order valence-electron chi connectivity index (χ4n) is 1.83. The number of ether oxygens (including phenoxy) is 1. The summed E-state index contributed by atoms with van der Waals surface area (Å²) in [6, 6.07) is 0. The van der Waals surface area contributed by atoms with Gasteiger partial charge >= 0.3 is 0 Å². The van der Waals surface area contributed by atoms with E-state index in [0.717, 1.165) is 12.0 Å². The van der Waals surface area contributed by atoms with Crippen molar-refractivity contribution in [3.63, 3.8) is 0 Å². The number of nitrogens with two attached hydrogens (primary N) is 1. The third-order valence-corrected chi connectivity index (χ3v) is 2.80. The van der Waals surface area contributed by atoms with Gasteiger partial charge in [0.1, 0.15) is 6.33 Å². The van der Waals surface area contributed by atoms with Crippen molar-refractivity contribution >= 4 is 5.82 Å². The lowest BCUT2D eigenvalue weighted by atomic mass is 10.1. The molecule has 0 radical (unpaired) electrons. The molecular weight excluding hydrogens is 228 g/mol. The molecular formula is C13H24N4O. The van der Waals surface area contributed by atoms with E-state index in [1.807, 2.05) is 0 Å². The molecule has 0 aromatic carbocycles. The van der Waals surface area contributed by atoms with Crippen LogP contribution in [-0.2, 0) is 0 Å². The molecule has 0 amide bonds. The number of hydrogen-bond acceptors (Lipinski definition) is 5. The third-order valence-electron chi connectivity index (χ3n) is 2.80. The quantitative estimate of drug-likeness (QED) is 0.423. The first kappa shape index (κ1) is 14.7. The molecule has 0 saturated carbocycles. The molecule has 5 heteroatoms. The van der Waals surface area contributed by atoms with Crippen molar-refractivity contribution in [1.82, 2.24) is 9.97 Å². The summed E-state index contributed by atoms with van der Waals surface area (Å²) in [4.78, 5) is 8.31. The van der Waals surface area contributed by atoms with Crippen LogP contribution in [0.3, 0.4) is 0 Å². The summed E-state index contributed by atoms with van der Waals surface area (Å²) in [5.74, 6) is 7.01. The maximum atomic E-state index is 5.74. The van der Waals surface area contributed by atoms with E-state index in [4.69, 9.17) is 10.6 Å². The van der Waals surface area contributed by atoms with Crippen LogP contribution in [0.25, 0.3) is 0 Å². The van der Waals surface area contributed by atoms with Gasteiger partial charge in [0.15, 0.2) is 5.82 Å². The summed E-state index contributed by atoms with van der Waals surface area (Å²) in [6.07, 6.45) is 6.20. The second-order valence-corrected chi connectivity index (χ2v) is 4.65. The molecule has 0 saturated heterocycles. The normalized spacial score (nSPS) is 10.7. The van der Waals surface area contributed by atoms with Crippen molar-refractivity contribution < 1.29 is 4.74 Å². The molecule has 5 nitrogen and oxygen atoms in total. The Balaban J connectivity index is 2.64. The van der Waals surface area contributed by atoms with Crippen LogP contribution in [0.2, 0.25) is 0 Å². The van der Waals surface area contributed by atoms with E-state index in [0.29, 0.717) is 18.3 Å². The van der Waals surface area contributed by atoms with E-state index in [1.54, 1.807) is 0 Å². The molecule has 0 aliphatic carbocycles. The molecule has 1 rings (SSSR count). The zero-order valence-electron chi connectivity index (χ0n) is 11.6. The molecule has 18 heavy (non-hydrogen) atoms. The Morgan fingerprint density at radius 1 is 1.28 bits per heavy atom. The highest BCUT2D eigenvalue weighted by molar-refractivity contribution is 5.49. The number of unbranched alkanes of at least 4 members (excludes halogenated alkanes) is 3. The van der Waals surface area contributed by atoms with E-state index in [1.165, 1.54) is 25.6 Å². The summed E-state index contributed by atoms with van der Waals surface area (Å²) >= 11 is 0. The molecule has 3 N–H and O–H groups in total. The molecule has 0 spiro atoms. The van der Waals surface area contributed by atoms with Gasteiger partial charge in [-0.25, -0.2) is 15.8 Å². The van der Waals surface area contributed by atoms with Gasteiger partial charge < -0.3 is 10.2 Å². The van der Waals surface area contributed by atoms with Crippen molar-refractivity contribution in [3.05, 3.63) is 11.9 Å². The summed E-state index contributed by atoms with van der Waals surface area (Å²) in [7, 11) is 0. The molecule has 1 heterocycles. The van der Waals surface area contributed by atoms with Crippen LogP contribution < -0.4 is 16.0 Å². The summed E-state index contributed by atoms with van der Waals surface area (Å²) in [5, 5.41) is 0. The number of hydrazine groups is 1. The number of nitrogens with zero attached hydrogens (tertiary/aromatic N) is 2. The van der Waals surface area contributed by atoms with Crippen LogP contribution in [0.15, 0.2) is 6.33 Å². The second kappa shape index (κ2) is 7.87. The SMILES string of the molecule is CCCCCCOc1ncnc(NN)c1C(C)C. The van der Waals surface area contributed by atoms with E-state index < -0.39 is 0 Å². The Kier molecular flexibility index (Phi) is 6.43. The van der Waals surface area contributed by atoms with Crippen molar-refractivity contribution in [2.75, 3.05) is 12.0 Å². The zero-order valence-corrected chi connectivity index (χ0v) is 11.6. The molecule has 0 aliphatic heterocycles. The van der Waals surface area contributed by atoms with Crippen LogP contribution in [0.4, 0.5) is 5.82 Å². The highest BCUT2D eigenvalue weighted by Crippen LogP contribution is 2.29. The number of nitrogen functional groups attached to an aromatic ring is 1. The highest BCUT2D eigenvalue weighted by atomic mass is 16.5. The van der Waals surface area contributed by atoms with Gasteiger partial charge in [-0.15, -0.1) is 0 Å². The fraction of sp³-hybridized carbons (Fsp3) is 0.692. The minimum absolute atomic E-state index is 0.267. The molecule has 1 aromatic heterocycles. The molecule has 102 valence electrons. The van der Waals surface area contributed by atoms with Gasteiger partial charge in [-0.05, 0) is 12.3 Å². The largest absolute Gasteiger partial charge is 0.477 e. The first-order valence-electron chi connectivity index (χ1n) is 6.65. The van der Waals surface area contributed by atoms with Crippen LogP contribution in [-0.4, -0.2) is 16.6 Å². The molecule has 0 bridgehead atoms. The van der Waals surface area contributed by atoms with Crippen molar-refractivity contribution in [2.45, 2.75) is 52.4 Å². The number of anilines is 1. The standard InChI is InChI=1S/C13H24N4O/c1-4-5-6-7-8-18-13-11(10(2)3)12(17-14)15-9-16-13/h9-10H,4-8,14H2,1-3H3,(H,15,16,17). The maximum absolute atomic E-state index is 5.74. The van der Waals surface area contributed by atoms with Crippen LogP contribution in [0.1, 0.15) is 57.9 Å². The fourth-order valence-corrected chi connectivity index (χ4v) is 1.83. The Hall–Kier alpha value is -1.36. The zero-order chi connectivity index (χ0) is 13.4. The summed E-state index contributed by atoms with van der Waals surface area (Å²) in [6.45, 7) is 7.04. The Morgan fingerprint density at radius 3 is 2.67 bits per heavy atom. The average molecular weight is 252 g/mol. The molecule has 0 unspecified atom stereocenters. The van der Waals surface area contributed by atoms with Gasteiger partial charge in [-0.3, -0.25) is 0 Å². The van der Waals surface area contributed by atoms with E-state index in [-0.39, 0.29) is 5.92 Å². The van der Waals surface area contributed by atoms with Crippen molar-refractivity contribution in [3.8, 4) is 5.88 Å². The maximum Gasteiger partial charge on any atom is 0.222 e. The monoisotopic (exact) mass is 252 g/mol. The topological polar surface area (TPSA) is 73.1 Å². The predicted octanol–water partition coefficient (Wildman–Crippen LogP) is 2.84. The molecule has 0 fully saturated rings. The van der Waals surface area contributed by atoms with Gasteiger partial charge in [-0.1, -0.05) is 40.0 Å². The second-order valence-electron chi connectivity index (χ2n) is 4.65. The smallest absolute Gasteiger partial charge is 0.222 e. The lowest BCUT2D eigenvalue weighted by Gasteiger charge is -2.15. The average Bonchev–Trinajstić information content (AvgIpc) is 2.37. The van der Waals surface area contributed by atoms with Crippen LogP contribution in [0, 0.1) is 0 Å². The molecule has 1 aromatic rings. The minimum atomic E-state index is 0.267. The van der Waals surface area contributed by atoms with E-state index in [9.17, 15) is 0 Å². The van der Waals surface area contributed by atoms with Gasteiger partial charge in [0.05, 0.1) is 12.2 Å². The Morgan fingerprint density at radius 2 is 2.06 bits per heavy atom. The number of hydrogen-bond donors (Lipinski definition) is 2. The van der Waals surface area contributed by atoms with Gasteiger partial charge in [-0.2, -0.15) is 0 Å². The van der Waals surface area contributed by atoms with Crippen LogP contribution in [0.5, 0.6) is 5.88 Å². The Labute approximate surface area is 109 Å². The van der Waals surface area contributed by atoms with E-state index >= 15 is 0 Å². The van der Waals surface area contributed by atoms with Crippen molar-refractivity contribution in [1.29, 1.82) is 0 Å². The lowest BCUT2D eigenvalue weighted by Crippen LogP contribution is -2.14. The summed E-state index contributed by atoms with van der Waals surface area (Å²) < 4.78 is 5.74. The van der Waals surface area contributed by atoms with Crippen LogP contribution >= 0.6 is 0 Å². The van der Waals surface area contributed by atoms with Crippen molar-refractivity contribution in [2.24, 2.45) is 5.84 Å². The third kappa shape index (κ3) is 4.14. The first-order valence-corrected chi connectivity index (χ1v) is 6.65.